The lowest BCUT2D eigenvalue weighted by Crippen LogP contribution is -2.50. The van der Waals surface area contributed by atoms with Gasteiger partial charge < -0.3 is 5.11 Å². The fourth-order valence-electron chi connectivity index (χ4n) is 7.45. The Kier molecular flexibility index (Phi) is 2.67. The van der Waals surface area contributed by atoms with Crippen LogP contribution in [0, 0.1) is 34.5 Å². The van der Waals surface area contributed by atoms with Crippen molar-refractivity contribution >= 4 is 17.4 Å². The number of halogens is 1. The van der Waals surface area contributed by atoms with E-state index in [1.165, 1.54) is 31.3 Å². The molecule has 1 spiro atoms. The summed E-state index contributed by atoms with van der Waals surface area (Å²) in [5, 5.41) is 11.2. The Bertz CT molecular complexity index is 596. The van der Waals surface area contributed by atoms with E-state index >= 15 is 0 Å². The van der Waals surface area contributed by atoms with Gasteiger partial charge >= 0.3 is 0 Å². The third kappa shape index (κ3) is 1.41. The molecule has 4 fully saturated rings. The number of hydrogen-bond donors (Lipinski definition) is 1. The maximum absolute atomic E-state index is 11.9. The van der Waals surface area contributed by atoms with Crippen molar-refractivity contribution in [3.05, 3.63) is 10.6 Å². The Balaban J connectivity index is 1.54. The highest BCUT2D eigenvalue weighted by Gasteiger charge is 2.76. The maximum Gasteiger partial charge on any atom is 0.174 e. The molecule has 0 radical (unpaired) electrons. The second-order valence-electron chi connectivity index (χ2n) is 8.87. The van der Waals surface area contributed by atoms with Gasteiger partial charge in [0.25, 0.3) is 0 Å². The first-order chi connectivity index (χ1) is 10.5. The van der Waals surface area contributed by atoms with Crippen molar-refractivity contribution in [1.29, 1.82) is 0 Å². The summed E-state index contributed by atoms with van der Waals surface area (Å²) in [6.07, 6.45) is 8.57. The predicted octanol–water partition coefficient (Wildman–Crippen LogP) is 4.06. The Morgan fingerprint density at radius 1 is 1.23 bits per heavy atom. The number of aliphatic hydroxyl groups is 1. The number of rotatable bonds is 0. The second-order valence-corrected chi connectivity index (χ2v) is 9.24. The standard InChI is InChI=1S/C19H25ClO2/c1-18-7-6-12-11-3-5-15(21)17(20)13(11)2-4-14(12)19(18)9-10(19)8-16(18)22/h10-12,14,16,22H,2-9H2,1H3/t10-,11?,12?,14?,16-,18+,19+/m0/s1. The van der Waals surface area contributed by atoms with Gasteiger partial charge in [-0.05, 0) is 85.0 Å². The topological polar surface area (TPSA) is 37.3 Å². The Hall–Kier alpha value is -0.340. The summed E-state index contributed by atoms with van der Waals surface area (Å²) < 4.78 is 0. The molecule has 0 aromatic carbocycles. The number of carbonyl (C=O) groups is 1. The second kappa shape index (κ2) is 4.19. The van der Waals surface area contributed by atoms with Crippen molar-refractivity contribution in [2.45, 2.75) is 64.4 Å². The van der Waals surface area contributed by atoms with Crippen LogP contribution in [0.25, 0.3) is 0 Å². The third-order valence-electron chi connectivity index (χ3n) is 8.53. The average molecular weight is 321 g/mol. The van der Waals surface area contributed by atoms with E-state index in [4.69, 9.17) is 11.6 Å². The quantitative estimate of drug-likeness (QED) is 0.731. The van der Waals surface area contributed by atoms with E-state index in [0.717, 1.165) is 31.1 Å². The van der Waals surface area contributed by atoms with E-state index in [1.807, 2.05) is 0 Å². The molecule has 1 N–H and O–H groups in total. The monoisotopic (exact) mass is 320 g/mol. The summed E-state index contributed by atoms with van der Waals surface area (Å²) in [7, 11) is 0. The highest BCUT2D eigenvalue weighted by atomic mass is 35.5. The fraction of sp³-hybridized carbons (Fsp3) is 0.842. The van der Waals surface area contributed by atoms with E-state index in [9.17, 15) is 9.90 Å². The number of carbonyl (C=O) groups excluding carboxylic acids is 1. The summed E-state index contributed by atoms with van der Waals surface area (Å²) in [6, 6.07) is 0. The van der Waals surface area contributed by atoms with Crippen molar-refractivity contribution < 1.29 is 9.90 Å². The molecule has 3 heteroatoms. The fourth-order valence-corrected chi connectivity index (χ4v) is 7.78. The highest BCUT2D eigenvalue weighted by Crippen LogP contribution is 2.81. The van der Waals surface area contributed by atoms with Crippen LogP contribution in [0.3, 0.4) is 0 Å². The van der Waals surface area contributed by atoms with Crippen molar-refractivity contribution in [2.75, 3.05) is 0 Å². The van der Waals surface area contributed by atoms with E-state index in [2.05, 4.69) is 6.92 Å². The van der Waals surface area contributed by atoms with Crippen LogP contribution in [-0.2, 0) is 4.79 Å². The van der Waals surface area contributed by atoms with Crippen LogP contribution >= 0.6 is 11.6 Å². The molecule has 0 aromatic heterocycles. The van der Waals surface area contributed by atoms with Gasteiger partial charge in [0.1, 0.15) is 0 Å². The van der Waals surface area contributed by atoms with Crippen molar-refractivity contribution in [2.24, 2.45) is 34.5 Å². The molecule has 0 aliphatic heterocycles. The molecule has 120 valence electrons. The third-order valence-corrected chi connectivity index (χ3v) is 8.99. The average Bonchev–Trinajstić information content (AvgIpc) is 3.16. The smallest absolute Gasteiger partial charge is 0.174 e. The van der Waals surface area contributed by atoms with Crippen LogP contribution in [0.4, 0.5) is 0 Å². The first-order valence-corrected chi connectivity index (χ1v) is 9.46. The van der Waals surface area contributed by atoms with Crippen LogP contribution in [0.5, 0.6) is 0 Å². The van der Waals surface area contributed by atoms with Crippen molar-refractivity contribution in [1.82, 2.24) is 0 Å². The molecular formula is C19H25ClO2. The van der Waals surface area contributed by atoms with Crippen LogP contribution in [0.15, 0.2) is 10.6 Å². The number of Topliss-reactive ketones (excluding diaryl/α,β-unsaturated/α-hetero) is 1. The van der Waals surface area contributed by atoms with Gasteiger partial charge in [-0.1, -0.05) is 18.5 Å². The summed E-state index contributed by atoms with van der Waals surface area (Å²) in [5.41, 5.74) is 1.87. The van der Waals surface area contributed by atoms with Crippen molar-refractivity contribution in [3.63, 3.8) is 0 Å². The Labute approximate surface area is 137 Å². The van der Waals surface area contributed by atoms with E-state index < -0.39 is 0 Å². The van der Waals surface area contributed by atoms with Crippen LogP contribution in [0.2, 0.25) is 0 Å². The van der Waals surface area contributed by atoms with Gasteiger partial charge in [0.05, 0.1) is 11.1 Å². The molecule has 5 aliphatic rings. The molecule has 5 rings (SSSR count). The van der Waals surface area contributed by atoms with Gasteiger partial charge in [-0.15, -0.1) is 0 Å². The molecule has 0 amide bonds. The molecule has 22 heavy (non-hydrogen) atoms. The minimum absolute atomic E-state index is 0.0827. The number of hydrogen-bond acceptors (Lipinski definition) is 2. The zero-order valence-electron chi connectivity index (χ0n) is 13.3. The summed E-state index contributed by atoms with van der Waals surface area (Å²) in [6.45, 7) is 2.36. The van der Waals surface area contributed by atoms with Gasteiger partial charge in [-0.2, -0.15) is 0 Å². The molecular weight excluding hydrogens is 296 g/mol. The summed E-state index contributed by atoms with van der Waals surface area (Å²) in [5.74, 6) is 2.98. The molecule has 0 bridgehead atoms. The van der Waals surface area contributed by atoms with Gasteiger partial charge in [0.2, 0.25) is 0 Å². The van der Waals surface area contributed by atoms with Crippen molar-refractivity contribution in [3.8, 4) is 0 Å². The Morgan fingerprint density at radius 2 is 2.05 bits per heavy atom. The number of aliphatic hydroxyl groups excluding tert-OH is 1. The molecule has 7 atom stereocenters. The molecule has 0 aromatic rings. The number of allylic oxidation sites excluding steroid dienone is 1. The zero-order chi connectivity index (χ0) is 15.3. The zero-order valence-corrected chi connectivity index (χ0v) is 14.0. The molecule has 4 saturated carbocycles. The molecule has 5 aliphatic carbocycles. The lowest BCUT2D eigenvalue weighted by Gasteiger charge is -2.55. The van der Waals surface area contributed by atoms with Gasteiger partial charge in [0.15, 0.2) is 5.78 Å². The SMILES string of the molecule is C[C@]12CCC3C4CCC(=O)C(Cl)=C4CCC3[C@]13C[C@@H]3C[C@@H]2O. The van der Waals surface area contributed by atoms with E-state index in [0.29, 0.717) is 28.7 Å². The van der Waals surface area contributed by atoms with Crippen LogP contribution in [0.1, 0.15) is 58.3 Å². The van der Waals surface area contributed by atoms with Crippen LogP contribution in [-0.4, -0.2) is 17.0 Å². The van der Waals surface area contributed by atoms with Gasteiger partial charge in [0, 0.05) is 6.42 Å². The minimum atomic E-state index is -0.0827. The Morgan fingerprint density at radius 3 is 2.86 bits per heavy atom. The predicted molar refractivity (Wildman–Crippen MR) is 85.3 cm³/mol. The number of fused-ring (bicyclic) bond motifs is 3. The number of ketones is 1. The first kappa shape index (κ1) is 14.0. The molecule has 2 nitrogen and oxygen atoms in total. The normalized spacial score (nSPS) is 56.1. The minimum Gasteiger partial charge on any atom is -0.393 e. The highest BCUT2D eigenvalue weighted by molar-refractivity contribution is 6.43. The lowest BCUT2D eigenvalue weighted by molar-refractivity contribution is -0.117. The first-order valence-electron chi connectivity index (χ1n) is 9.09. The van der Waals surface area contributed by atoms with E-state index in [1.54, 1.807) is 0 Å². The van der Waals surface area contributed by atoms with Crippen LogP contribution < -0.4 is 0 Å². The maximum atomic E-state index is 11.9. The van der Waals surface area contributed by atoms with E-state index in [-0.39, 0.29) is 17.3 Å². The summed E-state index contributed by atoms with van der Waals surface area (Å²) in [4.78, 5) is 11.9. The molecule has 3 unspecified atom stereocenters. The van der Waals surface area contributed by atoms with Gasteiger partial charge in [-0.3, -0.25) is 4.79 Å². The largest absolute Gasteiger partial charge is 0.393 e. The van der Waals surface area contributed by atoms with Gasteiger partial charge in [-0.25, -0.2) is 0 Å². The molecule has 0 saturated heterocycles. The summed E-state index contributed by atoms with van der Waals surface area (Å²) >= 11 is 6.37. The lowest BCUT2D eigenvalue weighted by atomic mass is 9.49. The molecule has 0 heterocycles.